The van der Waals surface area contributed by atoms with Gasteiger partial charge in [0, 0.05) is 0 Å². The molecule has 0 aliphatic heterocycles. The molecule has 0 aliphatic rings. The smallest absolute Gasteiger partial charge is 0.493 e. The van der Waals surface area contributed by atoms with Crippen molar-refractivity contribution in [2.45, 2.75) is 6.42 Å². The Morgan fingerprint density at radius 1 is 1.19 bits per heavy atom. The van der Waals surface area contributed by atoms with E-state index in [1.165, 1.54) is 12.1 Å². The molecule has 1 aromatic rings. The van der Waals surface area contributed by atoms with Gasteiger partial charge in [-0.3, -0.25) is 0 Å². The normalized spacial score (nSPS) is 10.4. The second kappa shape index (κ2) is 7.55. The van der Waals surface area contributed by atoms with Crippen molar-refractivity contribution < 1.29 is 69.1 Å². The maximum absolute atomic E-state index is 12.2. The Hall–Kier alpha value is 0.251. The van der Waals surface area contributed by atoms with Crippen molar-refractivity contribution in [3.8, 4) is 5.75 Å². The van der Waals surface area contributed by atoms with Crippen LogP contribution in [-0.4, -0.2) is 13.6 Å². The van der Waals surface area contributed by atoms with E-state index in [0.717, 1.165) is 12.1 Å². The third kappa shape index (κ3) is 5.54. The van der Waals surface area contributed by atoms with Crippen molar-refractivity contribution in [3.63, 3.8) is 0 Å². The number of hydrogen-bond acceptors (Lipinski definition) is 1. The molecule has 0 aliphatic carbocycles. The molecule has 0 N–H and O–H groups in total. The van der Waals surface area contributed by atoms with Crippen molar-refractivity contribution >= 4 is 12.4 Å². The Kier molecular flexibility index (Phi) is 7.67. The van der Waals surface area contributed by atoms with Gasteiger partial charge in [0.15, 0.2) is 0 Å². The quantitative estimate of drug-likeness (QED) is 0.398. The first-order valence-corrected chi connectivity index (χ1v) is 4.57. The fourth-order valence-electron chi connectivity index (χ4n) is 1.04. The van der Waals surface area contributed by atoms with Crippen LogP contribution in [0.15, 0.2) is 36.9 Å². The second-order valence-electron chi connectivity index (χ2n) is 3.07. The van der Waals surface area contributed by atoms with Crippen LogP contribution in [0.4, 0.5) is 12.9 Å². The summed E-state index contributed by atoms with van der Waals surface area (Å²) in [5.74, 6) is 0.445. The maximum atomic E-state index is 12.2. The van der Waals surface area contributed by atoms with E-state index in [0.29, 0.717) is 18.8 Å². The molecule has 1 rings (SSSR count). The van der Waals surface area contributed by atoms with Gasteiger partial charge in [0.1, 0.15) is 5.75 Å². The van der Waals surface area contributed by atoms with E-state index in [2.05, 4.69) is 6.58 Å². The Morgan fingerprint density at radius 3 is 2.19 bits per heavy atom. The van der Waals surface area contributed by atoms with Gasteiger partial charge in [-0.05, 0) is 18.6 Å². The molecule has 0 spiro atoms. The molecule has 0 fully saturated rings. The molecule has 1 aromatic carbocycles. The van der Waals surface area contributed by atoms with Crippen molar-refractivity contribution in [2.75, 3.05) is 6.61 Å². The number of rotatable bonds is 5. The fraction of sp³-hybridized carbons (Fsp3) is 0.200. The molecule has 0 saturated carbocycles. The molecular formula is C10H11BF3KO. The molecule has 0 bridgehead atoms. The first-order valence-electron chi connectivity index (χ1n) is 4.57. The fourth-order valence-corrected chi connectivity index (χ4v) is 1.04. The largest absolute Gasteiger partial charge is 1.00 e. The number of benzene rings is 1. The molecular weight excluding hydrogens is 243 g/mol. The van der Waals surface area contributed by atoms with Gasteiger partial charge >= 0.3 is 58.4 Å². The van der Waals surface area contributed by atoms with E-state index < -0.39 is 12.4 Å². The summed E-state index contributed by atoms with van der Waals surface area (Å²) >= 11 is 0. The van der Waals surface area contributed by atoms with E-state index >= 15 is 0 Å². The summed E-state index contributed by atoms with van der Waals surface area (Å²) in [5.41, 5.74) is -0.605. The van der Waals surface area contributed by atoms with Crippen LogP contribution in [-0.2, 0) is 0 Å². The van der Waals surface area contributed by atoms with Gasteiger partial charge in [0.05, 0.1) is 6.61 Å². The van der Waals surface area contributed by atoms with Crippen LogP contribution in [0.3, 0.4) is 0 Å². The zero-order valence-electron chi connectivity index (χ0n) is 9.13. The minimum atomic E-state index is -4.91. The molecule has 6 heteroatoms. The van der Waals surface area contributed by atoms with Gasteiger partial charge in [0.25, 0.3) is 0 Å². The zero-order valence-corrected chi connectivity index (χ0v) is 12.3. The Bertz CT molecular complexity index is 324. The summed E-state index contributed by atoms with van der Waals surface area (Å²) < 4.78 is 41.9. The average molecular weight is 254 g/mol. The van der Waals surface area contributed by atoms with Crippen LogP contribution in [0, 0.1) is 0 Å². The predicted octanol–water partition coefficient (Wildman–Crippen LogP) is -0.300. The van der Waals surface area contributed by atoms with E-state index in [1.54, 1.807) is 6.08 Å². The third-order valence-electron chi connectivity index (χ3n) is 1.85. The molecule has 82 valence electrons. The van der Waals surface area contributed by atoms with E-state index in [1.807, 2.05) is 0 Å². The van der Waals surface area contributed by atoms with Crippen molar-refractivity contribution in [2.24, 2.45) is 0 Å². The molecule has 0 aromatic heterocycles. The molecule has 16 heavy (non-hydrogen) atoms. The molecule has 0 radical (unpaired) electrons. The third-order valence-corrected chi connectivity index (χ3v) is 1.85. The number of hydrogen-bond donors (Lipinski definition) is 0. The zero-order chi connectivity index (χ0) is 11.3. The second-order valence-corrected chi connectivity index (χ2v) is 3.07. The van der Waals surface area contributed by atoms with E-state index in [4.69, 9.17) is 4.74 Å². The van der Waals surface area contributed by atoms with E-state index in [9.17, 15) is 12.9 Å². The standard InChI is InChI=1S/C10H11BF3O.K/c1-2-3-8-15-10-6-4-9(5-7-10)11(12,13)14;/h2,4-7H,1,3,8H2;/q-1;+1. The summed E-state index contributed by atoms with van der Waals surface area (Å²) in [7, 11) is 0. The Balaban J connectivity index is 0.00000225. The SMILES string of the molecule is C=CCCOc1ccc([B-](F)(F)F)cc1.[K+]. The van der Waals surface area contributed by atoms with Gasteiger partial charge in [-0.1, -0.05) is 18.2 Å². The maximum Gasteiger partial charge on any atom is 1.00 e. The van der Waals surface area contributed by atoms with E-state index in [-0.39, 0.29) is 51.4 Å². The van der Waals surface area contributed by atoms with Gasteiger partial charge in [-0.15, -0.1) is 12.0 Å². The first kappa shape index (κ1) is 16.3. The summed E-state index contributed by atoms with van der Waals surface area (Å²) in [6, 6.07) is 4.72. The van der Waals surface area contributed by atoms with Crippen LogP contribution < -0.4 is 61.6 Å². The van der Waals surface area contributed by atoms with Gasteiger partial charge in [0.2, 0.25) is 0 Å². The van der Waals surface area contributed by atoms with Crippen LogP contribution in [0.5, 0.6) is 5.75 Å². The summed E-state index contributed by atoms with van der Waals surface area (Å²) in [6.07, 6.45) is 2.36. The topological polar surface area (TPSA) is 9.23 Å². The molecule has 0 heterocycles. The molecule has 1 nitrogen and oxygen atoms in total. The average Bonchev–Trinajstić information content (AvgIpc) is 2.18. The van der Waals surface area contributed by atoms with Gasteiger partial charge in [-0.2, -0.15) is 0 Å². The monoisotopic (exact) mass is 254 g/mol. The van der Waals surface area contributed by atoms with Gasteiger partial charge in [-0.25, -0.2) is 0 Å². The van der Waals surface area contributed by atoms with Crippen LogP contribution in [0.25, 0.3) is 0 Å². The first-order chi connectivity index (χ1) is 7.04. The van der Waals surface area contributed by atoms with Crippen molar-refractivity contribution in [3.05, 3.63) is 36.9 Å². The molecule has 0 unspecified atom stereocenters. The number of ether oxygens (including phenoxy) is 1. The molecule has 0 saturated heterocycles. The molecule has 0 atom stereocenters. The number of halogens is 3. The van der Waals surface area contributed by atoms with Crippen LogP contribution in [0.1, 0.15) is 6.42 Å². The Morgan fingerprint density at radius 2 is 1.75 bits per heavy atom. The van der Waals surface area contributed by atoms with Crippen molar-refractivity contribution in [1.82, 2.24) is 0 Å². The summed E-state index contributed by atoms with van der Waals surface area (Å²) in [6.45, 7) is -0.968. The summed E-state index contributed by atoms with van der Waals surface area (Å²) in [4.78, 5) is 0. The summed E-state index contributed by atoms with van der Waals surface area (Å²) in [5, 5.41) is 0. The minimum absolute atomic E-state index is 0. The molecule has 0 amide bonds. The van der Waals surface area contributed by atoms with Crippen LogP contribution in [0.2, 0.25) is 0 Å². The van der Waals surface area contributed by atoms with Gasteiger partial charge < -0.3 is 17.7 Å². The Labute approximate surface area is 136 Å². The predicted molar refractivity (Wildman–Crippen MR) is 55.5 cm³/mol. The van der Waals surface area contributed by atoms with Crippen molar-refractivity contribution in [1.29, 1.82) is 0 Å². The minimum Gasteiger partial charge on any atom is -0.493 e. The van der Waals surface area contributed by atoms with Crippen LogP contribution >= 0.6 is 0 Å².